The number of nitrogens with one attached hydrogen (secondary N) is 1. The number of hydrogen-bond donors (Lipinski definition) is 1. The van der Waals surface area contributed by atoms with Gasteiger partial charge in [0.2, 0.25) is 5.91 Å². The normalized spacial score (nSPS) is 10.9. The van der Waals surface area contributed by atoms with Crippen LogP contribution in [0.1, 0.15) is 17.3 Å². The number of hydrogen-bond acceptors (Lipinski definition) is 6. The Morgan fingerprint density at radius 3 is 2.57 bits per heavy atom. The fourth-order valence-corrected chi connectivity index (χ4v) is 3.76. The minimum absolute atomic E-state index is 0.182. The molecule has 0 unspecified atom stereocenters. The number of carbonyl (C=O) groups is 3. The largest absolute Gasteiger partial charge is 0.545 e. The van der Waals surface area contributed by atoms with E-state index in [1.54, 1.807) is 12.3 Å². The molecule has 7 heteroatoms. The highest BCUT2D eigenvalue weighted by Gasteiger charge is 2.23. The van der Waals surface area contributed by atoms with Crippen molar-refractivity contribution in [1.29, 1.82) is 0 Å². The molecule has 0 bridgehead atoms. The lowest BCUT2D eigenvalue weighted by molar-refractivity contribution is -0.297. The first kappa shape index (κ1) is 19.3. The molecule has 6 nitrogen and oxygen atoms in total. The molecule has 0 aliphatic carbocycles. The topological polar surface area (TPSA) is 95.5 Å². The molecule has 3 aromatic rings. The number of carboxylic acid groups (broad SMARTS) is 1. The van der Waals surface area contributed by atoms with Gasteiger partial charge >= 0.3 is 5.97 Å². The summed E-state index contributed by atoms with van der Waals surface area (Å²) in [5.74, 6) is -2.73. The Morgan fingerprint density at radius 2 is 1.82 bits per heavy atom. The van der Waals surface area contributed by atoms with E-state index in [0.717, 1.165) is 22.4 Å². The monoisotopic (exact) mass is 394 g/mol. The lowest BCUT2D eigenvalue weighted by Crippen LogP contribution is -2.20. The summed E-state index contributed by atoms with van der Waals surface area (Å²) in [4.78, 5) is 35.1. The molecule has 28 heavy (non-hydrogen) atoms. The molecule has 0 radical (unpaired) electrons. The number of carbonyl (C=O) groups excluding carboxylic acids is 3. The van der Waals surface area contributed by atoms with Gasteiger partial charge in [0.1, 0.15) is 10.6 Å². The average molecular weight is 394 g/mol. The third-order valence-electron chi connectivity index (χ3n) is 3.96. The number of esters is 1. The van der Waals surface area contributed by atoms with Crippen LogP contribution >= 0.6 is 11.3 Å². The van der Waals surface area contributed by atoms with Crippen LogP contribution in [0.3, 0.4) is 0 Å². The van der Waals surface area contributed by atoms with E-state index in [1.165, 1.54) is 11.3 Å². The Bertz CT molecular complexity index is 1080. The molecule has 0 saturated heterocycles. The van der Waals surface area contributed by atoms with Crippen LogP contribution in [0.5, 0.6) is 0 Å². The van der Waals surface area contributed by atoms with Crippen LogP contribution < -0.4 is 10.4 Å². The van der Waals surface area contributed by atoms with Gasteiger partial charge in [-0.25, -0.2) is 4.79 Å². The van der Waals surface area contributed by atoms with Crippen molar-refractivity contribution in [2.45, 2.75) is 6.92 Å². The molecule has 1 N–H and O–H groups in total. The maximum atomic E-state index is 12.6. The quantitative estimate of drug-likeness (QED) is 0.512. The summed E-state index contributed by atoms with van der Waals surface area (Å²) in [6, 6.07) is 13.5. The third kappa shape index (κ3) is 4.10. The van der Waals surface area contributed by atoms with Crippen LogP contribution in [-0.2, 0) is 14.3 Å². The van der Waals surface area contributed by atoms with Gasteiger partial charge in [-0.3, -0.25) is 4.79 Å². The van der Waals surface area contributed by atoms with Crippen LogP contribution in [0.2, 0.25) is 0 Å². The first-order valence-electron chi connectivity index (χ1n) is 8.48. The lowest BCUT2D eigenvalue weighted by atomic mass is 9.97. The molecule has 142 valence electrons. The standard InChI is InChI=1S/C21H17NO5S/c1-2-27-21(26)19-16(12-28-20(19)22-17(23)10-11-18(24)25)15-9-5-7-13-6-3-4-8-14(13)15/h3-12H,2H2,1H3,(H,22,23)(H,24,25)/p-1. The molecule has 1 amide bonds. The van der Waals surface area contributed by atoms with E-state index in [9.17, 15) is 19.5 Å². The summed E-state index contributed by atoms with van der Waals surface area (Å²) >= 11 is 1.17. The maximum absolute atomic E-state index is 12.6. The van der Waals surface area contributed by atoms with Crippen LogP contribution in [0, 0.1) is 0 Å². The minimum Gasteiger partial charge on any atom is -0.545 e. The van der Waals surface area contributed by atoms with Crippen LogP contribution in [0.25, 0.3) is 21.9 Å². The maximum Gasteiger partial charge on any atom is 0.341 e. The predicted molar refractivity (Wildman–Crippen MR) is 106 cm³/mol. The molecule has 0 aliphatic rings. The fourth-order valence-electron chi connectivity index (χ4n) is 2.81. The van der Waals surface area contributed by atoms with E-state index < -0.39 is 17.8 Å². The molecule has 0 saturated carbocycles. The van der Waals surface area contributed by atoms with Crippen molar-refractivity contribution >= 4 is 45.0 Å². The average Bonchev–Trinajstić information content (AvgIpc) is 3.09. The Hall–Kier alpha value is -3.45. The van der Waals surface area contributed by atoms with Gasteiger partial charge in [0.15, 0.2) is 0 Å². The number of aliphatic carboxylic acids is 1. The number of thiophene rings is 1. The van der Waals surface area contributed by atoms with Crippen molar-refractivity contribution in [3.8, 4) is 11.1 Å². The van der Waals surface area contributed by atoms with Gasteiger partial charge in [-0.2, -0.15) is 0 Å². The molecule has 0 spiro atoms. The number of amides is 1. The number of benzene rings is 2. The van der Waals surface area contributed by atoms with Gasteiger partial charge in [0, 0.05) is 17.0 Å². The van der Waals surface area contributed by atoms with Crippen LogP contribution in [-0.4, -0.2) is 24.5 Å². The zero-order chi connectivity index (χ0) is 20.1. The van der Waals surface area contributed by atoms with Crippen molar-refractivity contribution in [1.82, 2.24) is 0 Å². The van der Waals surface area contributed by atoms with Gasteiger partial charge in [-0.1, -0.05) is 42.5 Å². The van der Waals surface area contributed by atoms with Crippen LogP contribution in [0.4, 0.5) is 5.00 Å². The number of anilines is 1. The number of ether oxygens (including phenoxy) is 1. The highest BCUT2D eigenvalue weighted by molar-refractivity contribution is 7.15. The van der Waals surface area contributed by atoms with E-state index in [-0.39, 0.29) is 17.2 Å². The SMILES string of the molecule is CCOC(=O)c1c(-c2cccc3ccccc23)csc1NC(=O)C=CC(=O)[O-]. The summed E-state index contributed by atoms with van der Waals surface area (Å²) in [5, 5.41) is 17.1. The molecular formula is C21H16NO5S-. The second kappa shape index (κ2) is 8.49. The van der Waals surface area contributed by atoms with E-state index in [4.69, 9.17) is 4.74 Å². The number of fused-ring (bicyclic) bond motifs is 1. The van der Waals surface area contributed by atoms with Gasteiger partial charge < -0.3 is 20.0 Å². The van der Waals surface area contributed by atoms with Crippen molar-refractivity contribution in [2.75, 3.05) is 11.9 Å². The first-order valence-corrected chi connectivity index (χ1v) is 9.36. The second-order valence-electron chi connectivity index (χ2n) is 5.74. The summed E-state index contributed by atoms with van der Waals surface area (Å²) in [5.41, 5.74) is 1.71. The first-order chi connectivity index (χ1) is 13.5. The lowest BCUT2D eigenvalue weighted by Gasteiger charge is -2.10. The molecule has 1 aromatic heterocycles. The zero-order valence-corrected chi connectivity index (χ0v) is 15.7. The van der Waals surface area contributed by atoms with Crippen molar-refractivity contribution in [3.05, 3.63) is 65.6 Å². The van der Waals surface area contributed by atoms with Gasteiger partial charge in [-0.15, -0.1) is 11.3 Å². The van der Waals surface area contributed by atoms with Crippen molar-refractivity contribution in [3.63, 3.8) is 0 Å². The van der Waals surface area contributed by atoms with E-state index in [0.29, 0.717) is 11.6 Å². The Labute approximate surface area is 165 Å². The number of rotatable bonds is 6. The highest BCUT2D eigenvalue weighted by Crippen LogP contribution is 2.39. The third-order valence-corrected chi connectivity index (χ3v) is 4.85. The van der Waals surface area contributed by atoms with Crippen molar-refractivity contribution < 1.29 is 24.2 Å². The highest BCUT2D eigenvalue weighted by atomic mass is 32.1. The molecule has 2 aromatic carbocycles. The summed E-state index contributed by atoms with van der Waals surface area (Å²) in [6.45, 7) is 1.88. The summed E-state index contributed by atoms with van der Waals surface area (Å²) in [7, 11) is 0. The van der Waals surface area contributed by atoms with E-state index >= 15 is 0 Å². The molecule has 3 rings (SSSR count). The summed E-state index contributed by atoms with van der Waals surface area (Å²) in [6.07, 6.45) is 1.46. The molecular weight excluding hydrogens is 378 g/mol. The molecule has 1 heterocycles. The smallest absolute Gasteiger partial charge is 0.341 e. The zero-order valence-electron chi connectivity index (χ0n) is 14.9. The fraction of sp³-hybridized carbons (Fsp3) is 0.0952. The van der Waals surface area contributed by atoms with E-state index in [1.807, 2.05) is 42.5 Å². The van der Waals surface area contributed by atoms with Gasteiger partial charge in [0.25, 0.3) is 0 Å². The van der Waals surface area contributed by atoms with E-state index in [2.05, 4.69) is 5.32 Å². The predicted octanol–water partition coefficient (Wildman–Crippen LogP) is 2.99. The van der Waals surface area contributed by atoms with Crippen LogP contribution in [0.15, 0.2) is 60.0 Å². The minimum atomic E-state index is -1.48. The molecule has 0 fully saturated rings. The van der Waals surface area contributed by atoms with Gasteiger partial charge in [0.05, 0.1) is 12.6 Å². The Balaban J connectivity index is 2.09. The second-order valence-corrected chi connectivity index (χ2v) is 6.62. The van der Waals surface area contributed by atoms with Crippen molar-refractivity contribution in [2.24, 2.45) is 0 Å². The number of carboxylic acids is 1. The molecule has 0 atom stereocenters. The van der Waals surface area contributed by atoms with Gasteiger partial charge in [-0.05, 0) is 29.3 Å². The summed E-state index contributed by atoms with van der Waals surface area (Å²) < 4.78 is 5.18. The Morgan fingerprint density at radius 1 is 1.07 bits per heavy atom. The Kier molecular flexibility index (Phi) is 5.86. The molecule has 0 aliphatic heterocycles.